The molecule has 0 aliphatic carbocycles. The monoisotopic (exact) mass is 220 g/mol. The van der Waals surface area contributed by atoms with Crippen LogP contribution in [0.4, 0.5) is 0 Å². The average molecular weight is 220 g/mol. The zero-order valence-electron chi connectivity index (χ0n) is 9.22. The van der Waals surface area contributed by atoms with Crippen LogP contribution in [0.2, 0.25) is 0 Å². The van der Waals surface area contributed by atoms with E-state index in [1.54, 1.807) is 17.1 Å². The fourth-order valence-corrected chi connectivity index (χ4v) is 1.68. The van der Waals surface area contributed by atoms with Gasteiger partial charge in [0.15, 0.2) is 0 Å². The number of nitrogens with one attached hydrogen (secondary N) is 2. The van der Waals surface area contributed by atoms with E-state index >= 15 is 0 Å². The summed E-state index contributed by atoms with van der Waals surface area (Å²) in [5.41, 5.74) is 3.96. The van der Waals surface area contributed by atoms with E-state index in [1.807, 2.05) is 19.4 Å². The maximum Gasteiger partial charge on any atom is 0.124 e. The molecule has 0 fully saturated rings. The minimum absolute atomic E-state index is 0.0511. The van der Waals surface area contributed by atoms with Crippen molar-refractivity contribution in [2.24, 2.45) is 12.9 Å². The second-order valence-corrected chi connectivity index (χ2v) is 3.75. The van der Waals surface area contributed by atoms with Crippen LogP contribution in [0.25, 0.3) is 0 Å². The predicted octanol–water partition coefficient (Wildman–Crippen LogP) is 0.280. The lowest BCUT2D eigenvalue weighted by atomic mass is 10.1. The highest BCUT2D eigenvalue weighted by molar-refractivity contribution is 5.05. The molecule has 2 aromatic rings. The first-order valence-corrected chi connectivity index (χ1v) is 5.22. The van der Waals surface area contributed by atoms with Crippen LogP contribution >= 0.6 is 0 Å². The summed E-state index contributed by atoms with van der Waals surface area (Å²) in [4.78, 5) is 7.24. The SMILES string of the molecule is Cn1cc(CCC(NN)c2ncc[nH]2)cn1. The Balaban J connectivity index is 1.93. The van der Waals surface area contributed by atoms with Crippen LogP contribution in [0.15, 0.2) is 24.8 Å². The van der Waals surface area contributed by atoms with Gasteiger partial charge in [-0.1, -0.05) is 0 Å². The summed E-state index contributed by atoms with van der Waals surface area (Å²) in [6.07, 6.45) is 9.21. The van der Waals surface area contributed by atoms with Crippen molar-refractivity contribution >= 4 is 0 Å². The van der Waals surface area contributed by atoms with Crippen LogP contribution in [0.3, 0.4) is 0 Å². The Hall–Kier alpha value is -1.66. The molecule has 0 saturated heterocycles. The number of rotatable bonds is 5. The van der Waals surface area contributed by atoms with Crippen molar-refractivity contribution in [1.82, 2.24) is 25.2 Å². The maximum absolute atomic E-state index is 5.50. The number of H-pyrrole nitrogens is 1. The number of nitrogens with two attached hydrogens (primary N) is 1. The van der Waals surface area contributed by atoms with Crippen molar-refractivity contribution < 1.29 is 0 Å². The van der Waals surface area contributed by atoms with Gasteiger partial charge in [0, 0.05) is 25.6 Å². The lowest BCUT2D eigenvalue weighted by molar-refractivity contribution is 0.495. The molecule has 0 amide bonds. The van der Waals surface area contributed by atoms with Crippen LogP contribution in [0.1, 0.15) is 23.9 Å². The summed E-state index contributed by atoms with van der Waals surface area (Å²) in [5.74, 6) is 6.37. The van der Waals surface area contributed by atoms with Crippen molar-refractivity contribution in [3.8, 4) is 0 Å². The maximum atomic E-state index is 5.50. The van der Waals surface area contributed by atoms with Gasteiger partial charge in [0.05, 0.1) is 12.2 Å². The van der Waals surface area contributed by atoms with Crippen molar-refractivity contribution in [1.29, 1.82) is 0 Å². The predicted molar refractivity (Wildman–Crippen MR) is 60.2 cm³/mol. The normalized spacial score (nSPS) is 12.9. The third kappa shape index (κ3) is 2.47. The number of hydrazine groups is 1. The highest BCUT2D eigenvalue weighted by Gasteiger charge is 2.12. The molecule has 0 aliphatic heterocycles. The Morgan fingerprint density at radius 2 is 2.50 bits per heavy atom. The van der Waals surface area contributed by atoms with E-state index < -0.39 is 0 Å². The molecule has 4 N–H and O–H groups in total. The van der Waals surface area contributed by atoms with Crippen molar-refractivity contribution in [3.63, 3.8) is 0 Å². The number of hydrogen-bond donors (Lipinski definition) is 3. The van der Waals surface area contributed by atoms with Crippen LogP contribution in [-0.2, 0) is 13.5 Å². The van der Waals surface area contributed by atoms with E-state index in [2.05, 4.69) is 20.5 Å². The molecule has 1 atom stereocenters. The summed E-state index contributed by atoms with van der Waals surface area (Å²) in [7, 11) is 1.91. The van der Waals surface area contributed by atoms with E-state index in [4.69, 9.17) is 5.84 Å². The Labute approximate surface area is 93.8 Å². The lowest BCUT2D eigenvalue weighted by Crippen LogP contribution is -2.29. The first-order valence-electron chi connectivity index (χ1n) is 5.22. The van der Waals surface area contributed by atoms with Crippen molar-refractivity contribution in [2.75, 3.05) is 0 Å². The van der Waals surface area contributed by atoms with Crippen LogP contribution in [-0.4, -0.2) is 19.7 Å². The number of nitrogens with zero attached hydrogens (tertiary/aromatic N) is 3. The average Bonchev–Trinajstić information content (AvgIpc) is 2.91. The molecule has 1 unspecified atom stereocenters. The van der Waals surface area contributed by atoms with Gasteiger partial charge < -0.3 is 4.98 Å². The van der Waals surface area contributed by atoms with Gasteiger partial charge >= 0.3 is 0 Å². The van der Waals surface area contributed by atoms with E-state index in [0.717, 1.165) is 18.7 Å². The zero-order chi connectivity index (χ0) is 11.4. The molecule has 2 aromatic heterocycles. The molecule has 0 aromatic carbocycles. The second kappa shape index (κ2) is 4.91. The lowest BCUT2D eigenvalue weighted by Gasteiger charge is -2.12. The van der Waals surface area contributed by atoms with Gasteiger partial charge in [-0.05, 0) is 18.4 Å². The Bertz CT molecular complexity index is 418. The second-order valence-electron chi connectivity index (χ2n) is 3.75. The van der Waals surface area contributed by atoms with Gasteiger partial charge in [0.25, 0.3) is 0 Å². The molecule has 16 heavy (non-hydrogen) atoms. The van der Waals surface area contributed by atoms with Crippen LogP contribution in [0, 0.1) is 0 Å². The molecular formula is C10H16N6. The third-order valence-corrected chi connectivity index (χ3v) is 2.53. The summed E-state index contributed by atoms with van der Waals surface area (Å²) in [6, 6.07) is 0.0511. The topological polar surface area (TPSA) is 84.5 Å². The molecule has 0 aliphatic rings. The molecular weight excluding hydrogens is 204 g/mol. The van der Waals surface area contributed by atoms with E-state index in [0.29, 0.717) is 0 Å². The summed E-state index contributed by atoms with van der Waals surface area (Å²) in [6.45, 7) is 0. The number of hydrogen-bond acceptors (Lipinski definition) is 4. The first kappa shape index (κ1) is 10.8. The van der Waals surface area contributed by atoms with Crippen LogP contribution in [0.5, 0.6) is 0 Å². The molecule has 0 saturated carbocycles. The highest BCUT2D eigenvalue weighted by Crippen LogP contribution is 2.14. The van der Waals surface area contributed by atoms with Gasteiger partial charge in [-0.2, -0.15) is 5.10 Å². The van der Waals surface area contributed by atoms with E-state index in [9.17, 15) is 0 Å². The number of imidazole rings is 1. The Morgan fingerprint density at radius 3 is 3.06 bits per heavy atom. The highest BCUT2D eigenvalue weighted by atomic mass is 15.3. The Kier molecular flexibility index (Phi) is 3.33. The van der Waals surface area contributed by atoms with E-state index in [1.165, 1.54) is 5.56 Å². The molecule has 0 radical (unpaired) electrons. The Morgan fingerprint density at radius 1 is 1.62 bits per heavy atom. The van der Waals surface area contributed by atoms with Gasteiger partial charge in [0.2, 0.25) is 0 Å². The molecule has 2 heterocycles. The van der Waals surface area contributed by atoms with Crippen molar-refractivity contribution in [3.05, 3.63) is 36.2 Å². The molecule has 6 nitrogen and oxygen atoms in total. The zero-order valence-corrected chi connectivity index (χ0v) is 9.22. The number of aryl methyl sites for hydroxylation is 2. The first-order chi connectivity index (χ1) is 7.79. The third-order valence-electron chi connectivity index (χ3n) is 2.53. The largest absolute Gasteiger partial charge is 0.347 e. The van der Waals surface area contributed by atoms with Gasteiger partial charge in [-0.3, -0.25) is 10.5 Å². The van der Waals surface area contributed by atoms with Gasteiger partial charge in [-0.15, -0.1) is 0 Å². The minimum atomic E-state index is 0.0511. The number of aromatic amines is 1. The molecule has 0 spiro atoms. The minimum Gasteiger partial charge on any atom is -0.347 e. The fraction of sp³-hybridized carbons (Fsp3) is 0.400. The summed E-state index contributed by atoms with van der Waals surface area (Å²) in [5, 5.41) is 4.12. The van der Waals surface area contributed by atoms with Crippen molar-refractivity contribution in [2.45, 2.75) is 18.9 Å². The van der Waals surface area contributed by atoms with Gasteiger partial charge in [-0.25, -0.2) is 10.4 Å². The fourth-order valence-electron chi connectivity index (χ4n) is 1.68. The number of aromatic nitrogens is 4. The smallest absolute Gasteiger partial charge is 0.124 e. The van der Waals surface area contributed by atoms with Gasteiger partial charge in [0.1, 0.15) is 5.82 Å². The standard InChI is InChI=1S/C10H16N6/c1-16-7-8(6-14-16)2-3-9(15-11)10-12-4-5-13-10/h4-7,9,15H,2-3,11H2,1H3,(H,12,13). The van der Waals surface area contributed by atoms with E-state index in [-0.39, 0.29) is 6.04 Å². The molecule has 6 heteroatoms. The molecule has 0 bridgehead atoms. The molecule has 86 valence electrons. The summed E-state index contributed by atoms with van der Waals surface area (Å²) >= 11 is 0. The quantitative estimate of drug-likeness (QED) is 0.499. The molecule has 2 rings (SSSR count). The summed E-state index contributed by atoms with van der Waals surface area (Å²) < 4.78 is 1.80. The van der Waals surface area contributed by atoms with Crippen LogP contribution < -0.4 is 11.3 Å².